The fourth-order valence-corrected chi connectivity index (χ4v) is 1.75. The van der Waals surface area contributed by atoms with Crippen LogP contribution in [0.5, 0.6) is 5.75 Å². The molecular weight excluding hydrogens is 276 g/mol. The van der Waals surface area contributed by atoms with Crippen LogP contribution in [0.25, 0.3) is 0 Å². The van der Waals surface area contributed by atoms with E-state index in [1.165, 1.54) is 0 Å². The van der Waals surface area contributed by atoms with Crippen molar-refractivity contribution in [3.63, 3.8) is 0 Å². The third-order valence-electron chi connectivity index (χ3n) is 2.72. The van der Waals surface area contributed by atoms with Crippen LogP contribution in [-0.4, -0.2) is 17.0 Å². The van der Waals surface area contributed by atoms with Crippen molar-refractivity contribution < 1.29 is 9.53 Å². The van der Waals surface area contributed by atoms with Crippen molar-refractivity contribution in [1.29, 1.82) is 0 Å². The molecule has 0 fully saturated rings. The lowest BCUT2D eigenvalue weighted by Crippen LogP contribution is -2.30. The lowest BCUT2D eigenvalue weighted by molar-refractivity contribution is -0.122. The van der Waals surface area contributed by atoms with E-state index in [2.05, 4.69) is 10.3 Å². The largest absolute Gasteiger partial charge is 0.481 e. The number of halogens is 1. The van der Waals surface area contributed by atoms with Gasteiger partial charge in [0, 0.05) is 6.20 Å². The Morgan fingerprint density at radius 2 is 2.00 bits per heavy atom. The molecule has 1 aromatic carbocycles. The molecular formula is C15H15ClN2O2. The van der Waals surface area contributed by atoms with Gasteiger partial charge in [-0.05, 0) is 38.1 Å². The van der Waals surface area contributed by atoms with Crippen LogP contribution in [0.2, 0.25) is 5.15 Å². The first-order chi connectivity index (χ1) is 9.56. The van der Waals surface area contributed by atoms with E-state index in [-0.39, 0.29) is 11.1 Å². The normalized spacial score (nSPS) is 11.8. The van der Waals surface area contributed by atoms with Crippen LogP contribution in [0.3, 0.4) is 0 Å². The summed E-state index contributed by atoms with van der Waals surface area (Å²) in [5.74, 6) is 0.371. The second-order valence-corrected chi connectivity index (χ2v) is 4.76. The molecule has 20 heavy (non-hydrogen) atoms. The van der Waals surface area contributed by atoms with E-state index in [0.29, 0.717) is 11.4 Å². The molecule has 2 aromatic rings. The van der Waals surface area contributed by atoms with Crippen molar-refractivity contribution in [3.8, 4) is 5.75 Å². The highest BCUT2D eigenvalue weighted by atomic mass is 35.5. The molecule has 0 aliphatic rings. The summed E-state index contributed by atoms with van der Waals surface area (Å²) in [7, 11) is 0. The van der Waals surface area contributed by atoms with E-state index >= 15 is 0 Å². The zero-order chi connectivity index (χ0) is 14.5. The third kappa shape index (κ3) is 3.71. The number of nitrogens with one attached hydrogen (secondary N) is 1. The lowest BCUT2D eigenvalue weighted by atomic mass is 10.2. The molecule has 0 saturated carbocycles. The number of aromatic nitrogens is 1. The van der Waals surface area contributed by atoms with Crippen molar-refractivity contribution in [3.05, 3.63) is 53.3 Å². The van der Waals surface area contributed by atoms with Crippen LogP contribution >= 0.6 is 11.6 Å². The Hall–Kier alpha value is -2.07. The van der Waals surface area contributed by atoms with Gasteiger partial charge in [0.05, 0.1) is 5.69 Å². The van der Waals surface area contributed by atoms with Gasteiger partial charge in [0.25, 0.3) is 5.91 Å². The van der Waals surface area contributed by atoms with Gasteiger partial charge in [0.1, 0.15) is 5.75 Å². The Bertz CT molecular complexity index is 599. The number of hydrogen-bond donors (Lipinski definition) is 1. The summed E-state index contributed by atoms with van der Waals surface area (Å²) in [6, 6.07) is 10.9. The van der Waals surface area contributed by atoms with Gasteiger partial charge in [-0.3, -0.25) is 4.79 Å². The van der Waals surface area contributed by atoms with E-state index in [4.69, 9.17) is 16.3 Å². The Labute approximate surface area is 122 Å². The van der Waals surface area contributed by atoms with E-state index in [1.807, 2.05) is 31.2 Å². The monoisotopic (exact) mass is 290 g/mol. The summed E-state index contributed by atoms with van der Waals surface area (Å²) in [4.78, 5) is 15.9. The first-order valence-electron chi connectivity index (χ1n) is 6.21. The van der Waals surface area contributed by atoms with Gasteiger partial charge >= 0.3 is 0 Å². The van der Waals surface area contributed by atoms with Gasteiger partial charge in [-0.25, -0.2) is 4.98 Å². The van der Waals surface area contributed by atoms with E-state index in [9.17, 15) is 4.79 Å². The molecule has 5 heteroatoms. The lowest BCUT2D eigenvalue weighted by Gasteiger charge is -2.15. The first-order valence-corrected chi connectivity index (χ1v) is 6.59. The Kier molecular flexibility index (Phi) is 4.58. The molecule has 2 rings (SSSR count). The molecule has 1 N–H and O–H groups in total. The molecule has 104 valence electrons. The molecule has 1 atom stereocenters. The van der Waals surface area contributed by atoms with E-state index in [1.54, 1.807) is 25.3 Å². The predicted octanol–water partition coefficient (Wildman–Crippen LogP) is 3.45. The zero-order valence-electron chi connectivity index (χ0n) is 11.3. The minimum atomic E-state index is -0.631. The summed E-state index contributed by atoms with van der Waals surface area (Å²) in [6.45, 7) is 3.67. The quantitative estimate of drug-likeness (QED) is 0.878. The zero-order valence-corrected chi connectivity index (χ0v) is 12.0. The minimum Gasteiger partial charge on any atom is -0.481 e. The molecule has 1 aromatic heterocycles. The van der Waals surface area contributed by atoms with Crippen LogP contribution in [0, 0.1) is 6.92 Å². The smallest absolute Gasteiger partial charge is 0.265 e. The number of nitrogens with zero attached hydrogens (tertiary/aromatic N) is 1. The molecule has 0 bridgehead atoms. The summed E-state index contributed by atoms with van der Waals surface area (Å²) in [6.07, 6.45) is 0.929. The summed E-state index contributed by atoms with van der Waals surface area (Å²) in [5, 5.41) is 2.94. The number of carbonyl (C=O) groups excluding carboxylic acids is 1. The fourth-order valence-electron chi connectivity index (χ4n) is 1.59. The third-order valence-corrected chi connectivity index (χ3v) is 3.02. The van der Waals surface area contributed by atoms with Crippen molar-refractivity contribution in [2.45, 2.75) is 20.0 Å². The first kappa shape index (κ1) is 14.3. The molecule has 0 unspecified atom stereocenters. The van der Waals surface area contributed by atoms with Crippen molar-refractivity contribution in [2.75, 3.05) is 5.32 Å². The Balaban J connectivity index is 1.99. The van der Waals surface area contributed by atoms with Gasteiger partial charge in [-0.1, -0.05) is 29.3 Å². The average Bonchev–Trinajstić information content (AvgIpc) is 2.44. The minimum absolute atomic E-state index is 0.253. The summed E-state index contributed by atoms with van der Waals surface area (Å²) in [5.41, 5.74) is 1.61. The molecule has 0 aliphatic heterocycles. The van der Waals surface area contributed by atoms with Gasteiger partial charge in [-0.2, -0.15) is 0 Å². The predicted molar refractivity (Wildman–Crippen MR) is 79.1 cm³/mol. The molecule has 0 spiro atoms. The van der Waals surface area contributed by atoms with Gasteiger partial charge in [-0.15, -0.1) is 0 Å². The van der Waals surface area contributed by atoms with Gasteiger partial charge in [0.15, 0.2) is 11.3 Å². The highest BCUT2D eigenvalue weighted by Gasteiger charge is 2.16. The molecule has 0 aliphatic carbocycles. The van der Waals surface area contributed by atoms with Crippen LogP contribution in [0.1, 0.15) is 12.5 Å². The van der Waals surface area contributed by atoms with Crippen molar-refractivity contribution >= 4 is 23.2 Å². The highest BCUT2D eigenvalue weighted by molar-refractivity contribution is 6.32. The van der Waals surface area contributed by atoms with Crippen LogP contribution in [0.15, 0.2) is 42.6 Å². The standard InChI is InChI=1S/C15H15ClN2O2/c1-10-5-7-12(8-6-10)20-11(2)15(19)18-13-4-3-9-17-14(13)16/h3-9,11H,1-2H3,(H,18,19)/t11-/m0/s1. The number of anilines is 1. The Morgan fingerprint density at radius 3 is 2.65 bits per heavy atom. The molecule has 4 nitrogen and oxygen atoms in total. The number of hydrogen-bond acceptors (Lipinski definition) is 3. The maximum absolute atomic E-state index is 12.0. The molecule has 0 saturated heterocycles. The topological polar surface area (TPSA) is 51.2 Å². The number of carbonyl (C=O) groups is 1. The number of pyridine rings is 1. The second-order valence-electron chi connectivity index (χ2n) is 4.40. The highest BCUT2D eigenvalue weighted by Crippen LogP contribution is 2.18. The van der Waals surface area contributed by atoms with Gasteiger partial charge in [0.2, 0.25) is 0 Å². The van der Waals surface area contributed by atoms with Crippen LogP contribution in [-0.2, 0) is 4.79 Å². The van der Waals surface area contributed by atoms with Crippen molar-refractivity contribution in [1.82, 2.24) is 4.98 Å². The number of amides is 1. The van der Waals surface area contributed by atoms with E-state index < -0.39 is 6.10 Å². The molecule has 1 amide bonds. The Morgan fingerprint density at radius 1 is 1.30 bits per heavy atom. The van der Waals surface area contributed by atoms with Crippen LogP contribution < -0.4 is 10.1 Å². The maximum atomic E-state index is 12.0. The second kappa shape index (κ2) is 6.39. The summed E-state index contributed by atoms with van der Waals surface area (Å²) < 4.78 is 5.57. The number of ether oxygens (including phenoxy) is 1. The van der Waals surface area contributed by atoms with Gasteiger partial charge < -0.3 is 10.1 Å². The van der Waals surface area contributed by atoms with Crippen molar-refractivity contribution in [2.24, 2.45) is 0 Å². The molecule has 1 heterocycles. The van der Waals surface area contributed by atoms with Crippen LogP contribution in [0.4, 0.5) is 5.69 Å². The fraction of sp³-hybridized carbons (Fsp3) is 0.200. The van der Waals surface area contributed by atoms with E-state index in [0.717, 1.165) is 5.56 Å². The number of benzene rings is 1. The number of rotatable bonds is 4. The average molecular weight is 291 g/mol. The summed E-state index contributed by atoms with van der Waals surface area (Å²) >= 11 is 5.88. The number of aryl methyl sites for hydroxylation is 1. The molecule has 0 radical (unpaired) electrons. The SMILES string of the molecule is Cc1ccc(O[C@@H](C)C(=O)Nc2cccnc2Cl)cc1. The maximum Gasteiger partial charge on any atom is 0.265 e.